The Morgan fingerprint density at radius 1 is 1.08 bits per heavy atom. The van der Waals surface area contributed by atoms with Gasteiger partial charge in [0.15, 0.2) is 0 Å². The van der Waals surface area contributed by atoms with E-state index in [2.05, 4.69) is 5.32 Å². The molecule has 0 aliphatic carbocycles. The van der Waals surface area contributed by atoms with Crippen LogP contribution >= 0.6 is 0 Å². The minimum absolute atomic E-state index is 0.759. The second-order valence-corrected chi connectivity index (χ2v) is 4.03. The van der Waals surface area contributed by atoms with Gasteiger partial charge in [-0.05, 0) is 31.7 Å². The van der Waals surface area contributed by atoms with Crippen LogP contribution in [-0.4, -0.2) is 25.8 Å². The third kappa shape index (κ3) is 1.99. The third-order valence-electron chi connectivity index (χ3n) is 3.13. The standard InChI is InChI=1S/C10H19NO/c1-2-4-10(11-6-3-1)9-5-7-12-8-9/h9-11H,1-8H2. The van der Waals surface area contributed by atoms with Crippen molar-refractivity contribution >= 4 is 0 Å². The van der Waals surface area contributed by atoms with Crippen LogP contribution < -0.4 is 5.32 Å². The highest BCUT2D eigenvalue weighted by Crippen LogP contribution is 2.22. The fraction of sp³-hybridized carbons (Fsp3) is 1.00. The Morgan fingerprint density at radius 3 is 2.92 bits per heavy atom. The maximum absolute atomic E-state index is 5.41. The molecule has 2 atom stereocenters. The van der Waals surface area contributed by atoms with Crippen LogP contribution in [0.4, 0.5) is 0 Å². The van der Waals surface area contributed by atoms with Crippen molar-refractivity contribution in [2.75, 3.05) is 19.8 Å². The molecule has 0 amide bonds. The second kappa shape index (κ2) is 4.24. The van der Waals surface area contributed by atoms with E-state index in [0.29, 0.717) is 0 Å². The Morgan fingerprint density at radius 2 is 2.08 bits per heavy atom. The first-order chi connectivity index (χ1) is 5.97. The van der Waals surface area contributed by atoms with Gasteiger partial charge in [-0.25, -0.2) is 0 Å². The van der Waals surface area contributed by atoms with Gasteiger partial charge in [0.25, 0.3) is 0 Å². The molecule has 0 saturated carbocycles. The number of hydrogen-bond donors (Lipinski definition) is 1. The van der Waals surface area contributed by atoms with Crippen LogP contribution in [0, 0.1) is 5.92 Å². The highest BCUT2D eigenvalue weighted by Gasteiger charge is 2.25. The molecule has 12 heavy (non-hydrogen) atoms. The molecule has 0 spiro atoms. The summed E-state index contributed by atoms with van der Waals surface area (Å²) in [7, 11) is 0. The molecule has 0 aromatic carbocycles. The molecule has 2 rings (SSSR count). The van der Waals surface area contributed by atoms with E-state index < -0.39 is 0 Å². The quantitative estimate of drug-likeness (QED) is 0.643. The van der Waals surface area contributed by atoms with Crippen LogP contribution in [0.25, 0.3) is 0 Å². The first-order valence-electron chi connectivity index (χ1n) is 5.28. The number of hydrogen-bond acceptors (Lipinski definition) is 2. The van der Waals surface area contributed by atoms with E-state index in [1.54, 1.807) is 0 Å². The van der Waals surface area contributed by atoms with E-state index in [0.717, 1.165) is 25.2 Å². The van der Waals surface area contributed by atoms with Crippen LogP contribution in [-0.2, 0) is 4.74 Å². The fourth-order valence-electron chi connectivity index (χ4n) is 2.33. The lowest BCUT2D eigenvalue weighted by molar-refractivity contribution is 0.176. The number of rotatable bonds is 1. The Balaban J connectivity index is 1.83. The Labute approximate surface area is 74.7 Å². The molecule has 0 aromatic rings. The van der Waals surface area contributed by atoms with E-state index >= 15 is 0 Å². The van der Waals surface area contributed by atoms with Crippen LogP contribution in [0.3, 0.4) is 0 Å². The van der Waals surface area contributed by atoms with Gasteiger partial charge >= 0.3 is 0 Å². The molecule has 70 valence electrons. The summed E-state index contributed by atoms with van der Waals surface area (Å²) < 4.78 is 5.41. The summed E-state index contributed by atoms with van der Waals surface area (Å²) in [4.78, 5) is 0. The predicted octanol–water partition coefficient (Wildman–Crippen LogP) is 1.56. The highest BCUT2D eigenvalue weighted by atomic mass is 16.5. The van der Waals surface area contributed by atoms with Crippen molar-refractivity contribution in [3.05, 3.63) is 0 Å². The summed E-state index contributed by atoms with van der Waals surface area (Å²) >= 11 is 0. The zero-order valence-corrected chi connectivity index (χ0v) is 7.72. The van der Waals surface area contributed by atoms with Gasteiger partial charge in [-0.1, -0.05) is 12.8 Å². The summed E-state index contributed by atoms with van der Waals surface area (Å²) in [6, 6.07) is 0.759. The predicted molar refractivity (Wildman–Crippen MR) is 49.2 cm³/mol. The van der Waals surface area contributed by atoms with Crippen molar-refractivity contribution in [3.8, 4) is 0 Å². The summed E-state index contributed by atoms with van der Waals surface area (Å²) in [5.74, 6) is 0.808. The van der Waals surface area contributed by atoms with Crippen molar-refractivity contribution in [2.24, 2.45) is 5.92 Å². The fourth-order valence-corrected chi connectivity index (χ4v) is 2.33. The van der Waals surface area contributed by atoms with Crippen molar-refractivity contribution in [1.29, 1.82) is 0 Å². The molecule has 2 aliphatic heterocycles. The van der Waals surface area contributed by atoms with Crippen LogP contribution in [0.15, 0.2) is 0 Å². The molecular formula is C10H19NO. The van der Waals surface area contributed by atoms with Crippen molar-refractivity contribution < 1.29 is 4.74 Å². The molecule has 0 radical (unpaired) electrons. The summed E-state index contributed by atoms with van der Waals surface area (Å²) in [5.41, 5.74) is 0. The minimum atomic E-state index is 0.759. The minimum Gasteiger partial charge on any atom is -0.381 e. The summed E-state index contributed by atoms with van der Waals surface area (Å²) in [6.07, 6.45) is 6.83. The molecule has 2 fully saturated rings. The van der Waals surface area contributed by atoms with E-state index in [1.165, 1.54) is 38.6 Å². The first kappa shape index (κ1) is 8.52. The lowest BCUT2D eigenvalue weighted by atomic mass is 9.95. The van der Waals surface area contributed by atoms with Gasteiger partial charge < -0.3 is 10.1 Å². The van der Waals surface area contributed by atoms with E-state index in [-0.39, 0.29) is 0 Å². The summed E-state index contributed by atoms with van der Waals surface area (Å²) in [5, 5.41) is 3.64. The van der Waals surface area contributed by atoms with Crippen molar-refractivity contribution in [3.63, 3.8) is 0 Å². The lowest BCUT2D eigenvalue weighted by Crippen LogP contribution is -2.35. The number of ether oxygens (including phenoxy) is 1. The van der Waals surface area contributed by atoms with Gasteiger partial charge in [-0.2, -0.15) is 0 Å². The van der Waals surface area contributed by atoms with Gasteiger partial charge in [0.2, 0.25) is 0 Å². The second-order valence-electron chi connectivity index (χ2n) is 4.03. The Kier molecular flexibility index (Phi) is 3.01. The molecule has 2 saturated heterocycles. The zero-order chi connectivity index (χ0) is 8.23. The molecule has 1 N–H and O–H groups in total. The SMILES string of the molecule is C1CCNC(C2CCOC2)CC1. The maximum atomic E-state index is 5.41. The third-order valence-corrected chi connectivity index (χ3v) is 3.13. The van der Waals surface area contributed by atoms with Crippen molar-refractivity contribution in [1.82, 2.24) is 5.32 Å². The van der Waals surface area contributed by atoms with Crippen molar-refractivity contribution in [2.45, 2.75) is 38.1 Å². The van der Waals surface area contributed by atoms with E-state index in [9.17, 15) is 0 Å². The molecule has 0 bridgehead atoms. The molecule has 0 aromatic heterocycles. The van der Waals surface area contributed by atoms with Crippen LogP contribution in [0.5, 0.6) is 0 Å². The van der Waals surface area contributed by atoms with Gasteiger partial charge in [0, 0.05) is 12.6 Å². The molecule has 2 aliphatic rings. The Hall–Kier alpha value is -0.0800. The monoisotopic (exact) mass is 169 g/mol. The lowest BCUT2D eigenvalue weighted by Gasteiger charge is -2.21. The molecule has 2 unspecified atom stereocenters. The molecular weight excluding hydrogens is 150 g/mol. The normalized spacial score (nSPS) is 38.0. The van der Waals surface area contributed by atoms with Gasteiger partial charge in [-0.3, -0.25) is 0 Å². The first-order valence-corrected chi connectivity index (χ1v) is 5.28. The zero-order valence-electron chi connectivity index (χ0n) is 7.72. The average Bonchev–Trinajstić information content (AvgIpc) is 2.48. The molecule has 2 heteroatoms. The topological polar surface area (TPSA) is 21.3 Å². The van der Waals surface area contributed by atoms with E-state index in [1.807, 2.05) is 0 Å². The average molecular weight is 169 g/mol. The van der Waals surface area contributed by atoms with Crippen LogP contribution in [0.1, 0.15) is 32.1 Å². The largest absolute Gasteiger partial charge is 0.381 e. The summed E-state index contributed by atoms with van der Waals surface area (Å²) in [6.45, 7) is 3.21. The van der Waals surface area contributed by atoms with Gasteiger partial charge in [-0.15, -0.1) is 0 Å². The van der Waals surface area contributed by atoms with Crippen LogP contribution in [0.2, 0.25) is 0 Å². The van der Waals surface area contributed by atoms with E-state index in [4.69, 9.17) is 4.74 Å². The highest BCUT2D eigenvalue weighted by molar-refractivity contribution is 4.80. The van der Waals surface area contributed by atoms with Gasteiger partial charge in [0.05, 0.1) is 6.61 Å². The molecule has 2 heterocycles. The Bertz CT molecular complexity index is 124. The maximum Gasteiger partial charge on any atom is 0.0510 e. The molecule has 2 nitrogen and oxygen atoms in total. The van der Waals surface area contributed by atoms with Gasteiger partial charge in [0.1, 0.15) is 0 Å². The smallest absolute Gasteiger partial charge is 0.0510 e. The number of nitrogens with one attached hydrogen (secondary N) is 1.